The van der Waals surface area contributed by atoms with Gasteiger partial charge in [0.25, 0.3) is 0 Å². The van der Waals surface area contributed by atoms with E-state index < -0.39 is 0 Å². The molecule has 1 atom stereocenters. The van der Waals surface area contributed by atoms with E-state index in [2.05, 4.69) is 27.3 Å². The first-order valence-corrected chi connectivity index (χ1v) is 6.25. The van der Waals surface area contributed by atoms with E-state index in [4.69, 9.17) is 4.74 Å². The van der Waals surface area contributed by atoms with E-state index in [1.165, 1.54) is 0 Å². The number of rotatable bonds is 5. The molecule has 0 fully saturated rings. The maximum absolute atomic E-state index is 5.37. The molecule has 0 saturated carbocycles. The van der Waals surface area contributed by atoms with Gasteiger partial charge < -0.3 is 10.1 Å². The summed E-state index contributed by atoms with van der Waals surface area (Å²) >= 11 is 0. The van der Waals surface area contributed by atoms with Crippen molar-refractivity contribution in [1.29, 1.82) is 0 Å². The van der Waals surface area contributed by atoms with Gasteiger partial charge in [-0.3, -0.25) is 14.6 Å². The normalized spacial score (nSPS) is 12.4. The average molecular weight is 261 g/mol. The highest BCUT2D eigenvalue weighted by molar-refractivity contribution is 5.33. The van der Waals surface area contributed by atoms with Gasteiger partial charge in [-0.1, -0.05) is 6.92 Å². The highest BCUT2D eigenvalue weighted by Crippen LogP contribution is 2.28. The van der Waals surface area contributed by atoms with E-state index in [-0.39, 0.29) is 6.04 Å². The number of methoxy groups -OCH3 is 1. The lowest BCUT2D eigenvalue weighted by Crippen LogP contribution is -2.25. The van der Waals surface area contributed by atoms with Crippen molar-refractivity contribution in [2.24, 2.45) is 7.05 Å². The molecule has 0 aliphatic heterocycles. The molecule has 19 heavy (non-hydrogen) atoms. The zero-order chi connectivity index (χ0) is 13.8. The van der Waals surface area contributed by atoms with E-state index in [1.807, 2.05) is 14.0 Å². The lowest BCUT2D eigenvalue weighted by atomic mass is 10.1. The van der Waals surface area contributed by atoms with Gasteiger partial charge in [0.15, 0.2) is 5.75 Å². The van der Waals surface area contributed by atoms with Gasteiger partial charge in [-0.15, -0.1) is 0 Å². The molecule has 0 amide bonds. The summed E-state index contributed by atoms with van der Waals surface area (Å²) in [6.07, 6.45) is 5.26. The summed E-state index contributed by atoms with van der Waals surface area (Å²) in [7, 11) is 3.54. The predicted molar refractivity (Wildman–Crippen MR) is 72.0 cm³/mol. The number of nitrogens with one attached hydrogen (secondary N) is 1. The molecule has 6 nitrogen and oxygen atoms in total. The summed E-state index contributed by atoms with van der Waals surface area (Å²) in [6.45, 7) is 4.79. The van der Waals surface area contributed by atoms with Gasteiger partial charge in [-0.2, -0.15) is 5.10 Å². The highest BCUT2D eigenvalue weighted by Gasteiger charge is 2.23. The molecular formula is C13H19N5O. The topological polar surface area (TPSA) is 64.9 Å². The Morgan fingerprint density at radius 3 is 2.68 bits per heavy atom. The Kier molecular flexibility index (Phi) is 4.11. The number of hydrogen-bond acceptors (Lipinski definition) is 5. The van der Waals surface area contributed by atoms with Crippen LogP contribution in [0.25, 0.3) is 0 Å². The van der Waals surface area contributed by atoms with Crippen LogP contribution in [0.2, 0.25) is 0 Å². The van der Waals surface area contributed by atoms with Crippen LogP contribution in [0.1, 0.15) is 30.0 Å². The maximum Gasteiger partial charge on any atom is 0.161 e. The van der Waals surface area contributed by atoms with Crippen LogP contribution >= 0.6 is 0 Å². The molecule has 0 aromatic carbocycles. The summed E-state index contributed by atoms with van der Waals surface area (Å²) in [4.78, 5) is 8.75. The summed E-state index contributed by atoms with van der Waals surface area (Å²) in [5, 5.41) is 7.63. The summed E-state index contributed by atoms with van der Waals surface area (Å²) in [5.41, 5.74) is 2.70. The van der Waals surface area contributed by atoms with Crippen molar-refractivity contribution >= 4 is 0 Å². The molecule has 0 saturated heterocycles. The highest BCUT2D eigenvalue weighted by atomic mass is 16.5. The molecule has 6 heteroatoms. The minimum Gasteiger partial charge on any atom is -0.493 e. The predicted octanol–water partition coefficient (Wildman–Crippen LogP) is 1.23. The van der Waals surface area contributed by atoms with E-state index in [1.54, 1.807) is 30.4 Å². The lowest BCUT2D eigenvalue weighted by molar-refractivity contribution is 0.400. The molecule has 2 aromatic rings. The van der Waals surface area contributed by atoms with Crippen LogP contribution < -0.4 is 10.1 Å². The van der Waals surface area contributed by atoms with Crippen molar-refractivity contribution in [1.82, 2.24) is 25.1 Å². The number of aryl methyl sites for hydroxylation is 2. The van der Waals surface area contributed by atoms with Crippen LogP contribution in [-0.4, -0.2) is 33.4 Å². The first-order chi connectivity index (χ1) is 9.17. The Balaban J connectivity index is 2.44. The molecular weight excluding hydrogens is 242 g/mol. The third-order valence-corrected chi connectivity index (χ3v) is 2.95. The Hall–Kier alpha value is -1.95. The molecule has 1 N–H and O–H groups in total. The first-order valence-electron chi connectivity index (χ1n) is 6.25. The van der Waals surface area contributed by atoms with Gasteiger partial charge in [0, 0.05) is 13.2 Å². The first kappa shape index (κ1) is 13.5. The van der Waals surface area contributed by atoms with E-state index in [0.717, 1.165) is 29.4 Å². The second kappa shape index (κ2) is 5.79. The van der Waals surface area contributed by atoms with Crippen molar-refractivity contribution in [3.8, 4) is 5.75 Å². The van der Waals surface area contributed by atoms with Crippen LogP contribution in [0.4, 0.5) is 0 Å². The minimum atomic E-state index is -0.0828. The van der Waals surface area contributed by atoms with Crippen LogP contribution in [0.15, 0.2) is 18.6 Å². The van der Waals surface area contributed by atoms with Crippen molar-refractivity contribution in [3.63, 3.8) is 0 Å². The fourth-order valence-electron chi connectivity index (χ4n) is 2.01. The fraction of sp³-hybridized carbons (Fsp3) is 0.462. The molecule has 0 aliphatic rings. The molecule has 0 spiro atoms. The van der Waals surface area contributed by atoms with Gasteiger partial charge in [0.2, 0.25) is 0 Å². The van der Waals surface area contributed by atoms with Crippen molar-refractivity contribution in [3.05, 3.63) is 35.7 Å². The molecule has 0 radical (unpaired) electrons. The third kappa shape index (κ3) is 2.73. The van der Waals surface area contributed by atoms with Crippen molar-refractivity contribution in [2.45, 2.75) is 19.9 Å². The van der Waals surface area contributed by atoms with E-state index in [0.29, 0.717) is 0 Å². The van der Waals surface area contributed by atoms with Crippen LogP contribution in [0.5, 0.6) is 5.75 Å². The summed E-state index contributed by atoms with van der Waals surface area (Å²) in [5.74, 6) is 0.746. The van der Waals surface area contributed by atoms with E-state index in [9.17, 15) is 0 Å². The van der Waals surface area contributed by atoms with Gasteiger partial charge in [-0.25, -0.2) is 0 Å². The molecule has 2 aromatic heterocycles. The van der Waals surface area contributed by atoms with Crippen LogP contribution in [-0.2, 0) is 7.05 Å². The quantitative estimate of drug-likeness (QED) is 0.877. The van der Waals surface area contributed by atoms with Gasteiger partial charge in [0.05, 0.1) is 36.9 Å². The van der Waals surface area contributed by atoms with Gasteiger partial charge >= 0.3 is 0 Å². The second-order valence-corrected chi connectivity index (χ2v) is 4.30. The standard InChI is InChI=1S/C13H19N5O/c1-5-14-12(10-7-15-9(2)6-16-10)13-11(19-4)8-17-18(13)3/h6-8,12,14H,5H2,1-4H3. The number of hydrogen-bond donors (Lipinski definition) is 1. The molecule has 2 heterocycles. The molecule has 102 valence electrons. The second-order valence-electron chi connectivity index (χ2n) is 4.30. The molecule has 0 bridgehead atoms. The molecule has 1 unspecified atom stereocenters. The SMILES string of the molecule is CCNC(c1cnc(C)cn1)c1c(OC)cnn1C. The maximum atomic E-state index is 5.37. The molecule has 0 aliphatic carbocycles. The zero-order valence-corrected chi connectivity index (χ0v) is 11.7. The Morgan fingerprint density at radius 2 is 2.11 bits per heavy atom. The third-order valence-electron chi connectivity index (χ3n) is 2.95. The largest absolute Gasteiger partial charge is 0.493 e. The summed E-state index contributed by atoms with van der Waals surface area (Å²) in [6, 6.07) is -0.0828. The number of aromatic nitrogens is 4. The van der Waals surface area contributed by atoms with E-state index >= 15 is 0 Å². The Labute approximate surface area is 112 Å². The minimum absolute atomic E-state index is 0.0828. The summed E-state index contributed by atoms with van der Waals surface area (Å²) < 4.78 is 7.17. The van der Waals surface area contributed by atoms with Crippen LogP contribution in [0.3, 0.4) is 0 Å². The Bertz CT molecular complexity index is 534. The monoisotopic (exact) mass is 261 g/mol. The van der Waals surface area contributed by atoms with Crippen LogP contribution in [0, 0.1) is 6.92 Å². The van der Waals surface area contributed by atoms with Gasteiger partial charge in [0.1, 0.15) is 5.69 Å². The smallest absolute Gasteiger partial charge is 0.161 e. The number of ether oxygens (including phenoxy) is 1. The van der Waals surface area contributed by atoms with Crippen molar-refractivity contribution in [2.75, 3.05) is 13.7 Å². The average Bonchev–Trinajstić information content (AvgIpc) is 2.78. The Morgan fingerprint density at radius 1 is 1.32 bits per heavy atom. The molecule has 2 rings (SSSR count). The van der Waals surface area contributed by atoms with Gasteiger partial charge in [-0.05, 0) is 13.5 Å². The van der Waals surface area contributed by atoms with Crippen molar-refractivity contribution < 1.29 is 4.74 Å². The fourth-order valence-corrected chi connectivity index (χ4v) is 2.01. The zero-order valence-electron chi connectivity index (χ0n) is 11.7. The number of nitrogens with zero attached hydrogens (tertiary/aromatic N) is 4. The lowest BCUT2D eigenvalue weighted by Gasteiger charge is -2.18.